The van der Waals surface area contributed by atoms with Gasteiger partial charge in [-0.1, -0.05) is 35.0 Å². The average molecular weight is 418 g/mol. The Labute approximate surface area is 178 Å². The predicted octanol–water partition coefficient (Wildman–Crippen LogP) is 3.44. The van der Waals surface area contributed by atoms with Gasteiger partial charge in [0.25, 0.3) is 5.91 Å². The number of nitrogen functional groups attached to an aromatic ring is 1. The first kappa shape index (κ1) is 20.1. The minimum absolute atomic E-state index is 0.0194. The zero-order chi connectivity index (χ0) is 22.0. The summed E-state index contributed by atoms with van der Waals surface area (Å²) >= 11 is 0. The summed E-state index contributed by atoms with van der Waals surface area (Å²) in [7, 11) is 1.53. The second kappa shape index (κ2) is 8.31. The van der Waals surface area contributed by atoms with Crippen molar-refractivity contribution in [3.8, 4) is 17.2 Å². The topological polar surface area (TPSA) is 121 Å². The van der Waals surface area contributed by atoms with Crippen LogP contribution in [0, 0.1) is 13.8 Å². The molecule has 0 aliphatic carbocycles. The van der Waals surface area contributed by atoms with Gasteiger partial charge in [0.1, 0.15) is 17.2 Å². The first-order valence-electron chi connectivity index (χ1n) is 9.63. The maximum absolute atomic E-state index is 12.7. The third-order valence-corrected chi connectivity index (χ3v) is 4.80. The highest BCUT2D eigenvalue weighted by atomic mass is 16.5. The number of carbonyl (C=O) groups excluding carboxylic acids is 1. The fraction of sp³-hybridized carbons (Fsp3) is 0.182. The van der Waals surface area contributed by atoms with Crippen LogP contribution in [-0.2, 0) is 6.54 Å². The molecule has 0 aliphatic rings. The number of nitrogens with two attached hydrogens (primary N) is 1. The second-order valence-corrected chi connectivity index (χ2v) is 7.03. The number of aryl methyl sites for hydroxylation is 2. The predicted molar refractivity (Wildman–Crippen MR) is 116 cm³/mol. The van der Waals surface area contributed by atoms with Gasteiger partial charge in [-0.2, -0.15) is 0 Å². The van der Waals surface area contributed by atoms with E-state index in [1.807, 2.05) is 44.2 Å². The first-order chi connectivity index (χ1) is 15.0. The Hall–Kier alpha value is -4.14. The van der Waals surface area contributed by atoms with E-state index in [1.165, 1.54) is 11.8 Å². The molecule has 0 unspecified atom stereocenters. The van der Waals surface area contributed by atoms with Gasteiger partial charge < -0.3 is 20.2 Å². The number of aromatic nitrogens is 4. The molecule has 0 fully saturated rings. The second-order valence-electron chi connectivity index (χ2n) is 7.03. The Balaban J connectivity index is 1.54. The Bertz CT molecular complexity index is 1240. The van der Waals surface area contributed by atoms with E-state index in [0.717, 1.165) is 11.1 Å². The fourth-order valence-corrected chi connectivity index (χ4v) is 3.15. The standard InChI is InChI=1S/C22H22N6O3/c1-13-7-6-8-15(11-13)22-25-17(14(2)31-22)12-28-20(23)19(26-27-28)21(29)24-16-9-4-5-10-18(16)30-3/h4-11H,12,23H2,1-3H3,(H,24,29). The molecule has 0 atom stereocenters. The smallest absolute Gasteiger partial charge is 0.280 e. The van der Waals surface area contributed by atoms with Crippen LogP contribution in [0.15, 0.2) is 52.9 Å². The fourth-order valence-electron chi connectivity index (χ4n) is 3.15. The molecule has 0 bridgehead atoms. The highest BCUT2D eigenvalue weighted by Gasteiger charge is 2.21. The van der Waals surface area contributed by atoms with Crippen LogP contribution in [-0.4, -0.2) is 33.0 Å². The number of hydrogen-bond acceptors (Lipinski definition) is 7. The number of hydrogen-bond donors (Lipinski definition) is 2. The molecule has 0 saturated carbocycles. The number of benzene rings is 2. The van der Waals surface area contributed by atoms with Gasteiger partial charge in [0.15, 0.2) is 11.5 Å². The number of anilines is 2. The number of carbonyl (C=O) groups is 1. The molecule has 0 saturated heterocycles. The van der Waals surface area contributed by atoms with E-state index in [9.17, 15) is 4.79 Å². The normalized spacial score (nSPS) is 10.8. The molecule has 158 valence electrons. The maximum Gasteiger partial charge on any atom is 0.280 e. The van der Waals surface area contributed by atoms with Crippen molar-refractivity contribution in [3.63, 3.8) is 0 Å². The van der Waals surface area contributed by atoms with Gasteiger partial charge in [-0.15, -0.1) is 5.10 Å². The van der Waals surface area contributed by atoms with Crippen LogP contribution in [0.4, 0.5) is 11.5 Å². The number of rotatable bonds is 6. The molecule has 1 amide bonds. The lowest BCUT2D eigenvalue weighted by atomic mass is 10.1. The third kappa shape index (κ3) is 4.11. The van der Waals surface area contributed by atoms with Crippen LogP contribution in [0.3, 0.4) is 0 Å². The molecule has 31 heavy (non-hydrogen) atoms. The molecule has 2 heterocycles. The van der Waals surface area contributed by atoms with Gasteiger partial charge in [-0.05, 0) is 38.1 Å². The van der Waals surface area contributed by atoms with Gasteiger partial charge in [0, 0.05) is 5.56 Å². The molecule has 9 heteroatoms. The number of nitrogens with one attached hydrogen (secondary N) is 1. The highest BCUT2D eigenvalue weighted by molar-refractivity contribution is 6.06. The lowest BCUT2D eigenvalue weighted by molar-refractivity contribution is 0.102. The molecular formula is C22H22N6O3. The molecule has 0 radical (unpaired) electrons. The molecule has 2 aromatic carbocycles. The van der Waals surface area contributed by atoms with E-state index in [-0.39, 0.29) is 18.1 Å². The summed E-state index contributed by atoms with van der Waals surface area (Å²) in [6.45, 7) is 4.06. The Morgan fingerprint density at radius 2 is 2.00 bits per heavy atom. The molecule has 4 aromatic rings. The number of oxazole rings is 1. The lowest BCUT2D eigenvalue weighted by Gasteiger charge is -2.08. The Morgan fingerprint density at radius 1 is 1.19 bits per heavy atom. The van der Waals surface area contributed by atoms with E-state index in [2.05, 4.69) is 20.6 Å². The van der Waals surface area contributed by atoms with Crippen LogP contribution >= 0.6 is 0 Å². The number of methoxy groups -OCH3 is 1. The van der Waals surface area contributed by atoms with Gasteiger partial charge in [0.2, 0.25) is 5.89 Å². The third-order valence-electron chi connectivity index (χ3n) is 4.80. The molecule has 9 nitrogen and oxygen atoms in total. The first-order valence-corrected chi connectivity index (χ1v) is 9.63. The van der Waals surface area contributed by atoms with Crippen molar-refractivity contribution in [1.82, 2.24) is 20.0 Å². The van der Waals surface area contributed by atoms with Crippen molar-refractivity contribution >= 4 is 17.4 Å². The van der Waals surface area contributed by atoms with E-state index in [0.29, 0.717) is 28.8 Å². The summed E-state index contributed by atoms with van der Waals surface area (Å²) in [4.78, 5) is 17.2. The summed E-state index contributed by atoms with van der Waals surface area (Å²) < 4.78 is 12.5. The lowest BCUT2D eigenvalue weighted by Crippen LogP contribution is -2.16. The van der Waals surface area contributed by atoms with E-state index in [1.54, 1.807) is 18.2 Å². The van der Waals surface area contributed by atoms with Crippen LogP contribution in [0.2, 0.25) is 0 Å². The molecule has 3 N–H and O–H groups in total. The summed E-state index contributed by atoms with van der Waals surface area (Å²) in [5.74, 6) is 1.34. The summed E-state index contributed by atoms with van der Waals surface area (Å²) in [5, 5.41) is 10.7. The summed E-state index contributed by atoms with van der Waals surface area (Å²) in [5.41, 5.74) is 9.34. The van der Waals surface area contributed by atoms with E-state index in [4.69, 9.17) is 14.9 Å². The molecular weight excluding hydrogens is 396 g/mol. The van der Waals surface area contributed by atoms with Crippen LogP contribution in [0.25, 0.3) is 11.5 Å². The van der Waals surface area contributed by atoms with Crippen LogP contribution < -0.4 is 15.8 Å². The maximum atomic E-state index is 12.7. The number of ether oxygens (including phenoxy) is 1. The van der Waals surface area contributed by atoms with E-state index >= 15 is 0 Å². The Morgan fingerprint density at radius 3 is 2.77 bits per heavy atom. The zero-order valence-electron chi connectivity index (χ0n) is 17.4. The SMILES string of the molecule is COc1ccccc1NC(=O)c1nnn(Cc2nc(-c3cccc(C)c3)oc2C)c1N. The number of nitrogens with zero attached hydrogens (tertiary/aromatic N) is 4. The monoisotopic (exact) mass is 418 g/mol. The summed E-state index contributed by atoms with van der Waals surface area (Å²) in [6.07, 6.45) is 0. The quantitative estimate of drug-likeness (QED) is 0.492. The van der Waals surface area contributed by atoms with Crippen LogP contribution in [0.5, 0.6) is 5.75 Å². The minimum Gasteiger partial charge on any atom is -0.495 e. The van der Waals surface area contributed by atoms with Gasteiger partial charge in [-0.25, -0.2) is 9.67 Å². The van der Waals surface area contributed by atoms with Crippen molar-refractivity contribution in [2.75, 3.05) is 18.2 Å². The summed E-state index contributed by atoms with van der Waals surface area (Å²) in [6, 6.07) is 15.0. The molecule has 2 aromatic heterocycles. The van der Waals surface area contributed by atoms with Crippen molar-refractivity contribution in [2.45, 2.75) is 20.4 Å². The molecule has 0 spiro atoms. The van der Waals surface area contributed by atoms with Crippen molar-refractivity contribution in [2.24, 2.45) is 0 Å². The highest BCUT2D eigenvalue weighted by Crippen LogP contribution is 2.25. The van der Waals surface area contributed by atoms with Gasteiger partial charge in [-0.3, -0.25) is 4.79 Å². The van der Waals surface area contributed by atoms with Crippen molar-refractivity contribution in [1.29, 1.82) is 0 Å². The largest absolute Gasteiger partial charge is 0.495 e. The van der Waals surface area contributed by atoms with Crippen LogP contribution in [0.1, 0.15) is 27.5 Å². The van der Waals surface area contributed by atoms with Gasteiger partial charge in [0.05, 0.1) is 19.3 Å². The molecule has 4 rings (SSSR count). The average Bonchev–Trinajstić information content (AvgIpc) is 3.31. The minimum atomic E-state index is -0.481. The molecule has 0 aliphatic heterocycles. The Kier molecular flexibility index (Phi) is 5.40. The number of amides is 1. The van der Waals surface area contributed by atoms with Crippen molar-refractivity contribution < 1.29 is 13.9 Å². The number of para-hydroxylation sites is 2. The van der Waals surface area contributed by atoms with Crippen molar-refractivity contribution in [3.05, 3.63) is 71.2 Å². The van der Waals surface area contributed by atoms with E-state index < -0.39 is 5.91 Å². The zero-order valence-corrected chi connectivity index (χ0v) is 17.4. The van der Waals surface area contributed by atoms with Gasteiger partial charge >= 0.3 is 0 Å².